The molecule has 0 saturated heterocycles. The van der Waals surface area contributed by atoms with E-state index in [-0.39, 0.29) is 43.9 Å². The van der Waals surface area contributed by atoms with E-state index in [2.05, 4.69) is 31.9 Å². The van der Waals surface area contributed by atoms with Crippen molar-refractivity contribution in [3.8, 4) is 11.5 Å². The number of ketones is 2. The number of hydrogen-bond donors (Lipinski definition) is 0. The number of alkyl halides is 2. The van der Waals surface area contributed by atoms with Gasteiger partial charge in [-0.2, -0.15) is 0 Å². The lowest BCUT2D eigenvalue weighted by Crippen LogP contribution is -2.40. The Morgan fingerprint density at radius 3 is 1.42 bits per heavy atom. The number of rotatable bonds is 15. The first-order chi connectivity index (χ1) is 17.7. The largest absolute Gasteiger partial charge is 0.469 e. The quantitative estimate of drug-likeness (QED) is 0.138. The molecule has 38 heavy (non-hydrogen) atoms. The number of esters is 1. The van der Waals surface area contributed by atoms with Gasteiger partial charge in [-0.15, -0.1) is 0 Å². The predicted molar refractivity (Wildman–Crippen MR) is 157 cm³/mol. The molecule has 0 spiro atoms. The summed E-state index contributed by atoms with van der Waals surface area (Å²) >= 11 is 18.6. The highest BCUT2D eigenvalue weighted by Crippen LogP contribution is 2.39. The molecule has 2 unspecified atom stereocenters. The van der Waals surface area contributed by atoms with Crippen LogP contribution in [0.25, 0.3) is 0 Å². The molecule has 2 aromatic rings. The van der Waals surface area contributed by atoms with Crippen LogP contribution in [0, 0.1) is 5.41 Å². The summed E-state index contributed by atoms with van der Waals surface area (Å²) in [5.74, 6) is -0.00295. The second kappa shape index (κ2) is 14.1. The van der Waals surface area contributed by atoms with Crippen LogP contribution >= 0.6 is 55.1 Å². The van der Waals surface area contributed by atoms with E-state index in [9.17, 15) is 14.4 Å². The minimum absolute atomic E-state index is 0.0308. The molecule has 2 rings (SSSR count). The third-order valence-corrected chi connectivity index (χ3v) is 8.00. The van der Waals surface area contributed by atoms with Crippen molar-refractivity contribution in [2.45, 2.75) is 68.8 Å². The van der Waals surface area contributed by atoms with Gasteiger partial charge in [0.1, 0.15) is 11.5 Å². The molecule has 2 atom stereocenters. The number of ether oxygens (including phenoxy) is 3. The first-order valence-corrected chi connectivity index (χ1v) is 14.6. The first kappa shape index (κ1) is 32.6. The summed E-state index contributed by atoms with van der Waals surface area (Å²) < 4.78 is 14.4. The van der Waals surface area contributed by atoms with Gasteiger partial charge in [0.2, 0.25) is 9.02 Å². The molecule has 0 N–H and O–H groups in total. The van der Waals surface area contributed by atoms with Gasteiger partial charge in [0.25, 0.3) is 0 Å². The van der Waals surface area contributed by atoms with Gasteiger partial charge in [0.15, 0.2) is 11.6 Å². The Kier molecular flexibility index (Phi) is 12.1. The molecule has 0 fully saturated rings. The van der Waals surface area contributed by atoms with Gasteiger partial charge < -0.3 is 14.2 Å². The molecule has 0 aliphatic carbocycles. The summed E-state index contributed by atoms with van der Waals surface area (Å²) in [6.45, 7) is 6.97. The van der Waals surface area contributed by atoms with E-state index in [1.807, 2.05) is 6.92 Å². The third-order valence-electron chi connectivity index (χ3n) is 6.29. The highest BCUT2D eigenvalue weighted by atomic mass is 79.9. The maximum absolute atomic E-state index is 13.1. The van der Waals surface area contributed by atoms with Gasteiger partial charge in [-0.3, -0.25) is 14.4 Å². The van der Waals surface area contributed by atoms with Gasteiger partial charge >= 0.3 is 5.97 Å². The minimum atomic E-state index is -1.31. The van der Waals surface area contributed by atoms with E-state index < -0.39 is 20.4 Å². The lowest BCUT2D eigenvalue weighted by Gasteiger charge is -2.32. The Morgan fingerprint density at radius 1 is 0.737 bits per heavy atom. The highest BCUT2D eigenvalue weighted by Gasteiger charge is 2.43. The van der Waals surface area contributed by atoms with Crippen molar-refractivity contribution in [2.24, 2.45) is 5.41 Å². The maximum atomic E-state index is 13.1. The van der Waals surface area contributed by atoms with E-state index >= 15 is 0 Å². The summed E-state index contributed by atoms with van der Waals surface area (Å²) in [5, 5.41) is 1.10. The van der Waals surface area contributed by atoms with E-state index in [1.165, 1.54) is 0 Å². The lowest BCUT2D eigenvalue weighted by molar-refractivity contribution is -0.157. The Labute approximate surface area is 250 Å². The fourth-order valence-corrected chi connectivity index (χ4v) is 4.85. The zero-order valence-corrected chi connectivity index (χ0v) is 26.5. The van der Waals surface area contributed by atoms with Crippen LogP contribution in [0.15, 0.2) is 48.5 Å². The van der Waals surface area contributed by atoms with Gasteiger partial charge in [-0.05, 0) is 120 Å². The van der Waals surface area contributed by atoms with Gasteiger partial charge in [0.05, 0.1) is 12.0 Å². The second-order valence-electron chi connectivity index (χ2n) is 9.15. The molecule has 208 valence electrons. The summed E-state index contributed by atoms with van der Waals surface area (Å²) in [6, 6.07) is 13.3. The van der Waals surface area contributed by atoms with E-state index in [0.717, 1.165) is 0 Å². The topological polar surface area (TPSA) is 78.9 Å². The third kappa shape index (κ3) is 9.25. The van der Waals surface area contributed by atoms with Gasteiger partial charge in [-0.1, -0.05) is 30.1 Å². The molecule has 0 bridgehead atoms. The van der Waals surface area contributed by atoms with Crippen molar-refractivity contribution in [3.05, 3.63) is 58.6 Å². The van der Waals surface area contributed by atoms with Crippen LogP contribution in [0.5, 0.6) is 11.5 Å². The molecule has 0 amide bonds. The van der Waals surface area contributed by atoms with Gasteiger partial charge in [-0.25, -0.2) is 0 Å². The zero-order valence-electron chi connectivity index (χ0n) is 21.8. The Morgan fingerprint density at radius 2 is 1.11 bits per heavy atom. The standard InChI is InChI=1S/C28H32Br2Cl2O6/c1-5-28(25(35)36-6-2,17-15-23(33)26(3,29)37-21-11-7-19(31)8-12-21)18-16-24(34)27(4,30)38-22-13-9-20(32)10-14-22/h7-14H,5-6,15-18H2,1-4H3. The smallest absolute Gasteiger partial charge is 0.312 e. The molecule has 10 heteroatoms. The molecule has 2 aromatic carbocycles. The van der Waals surface area contributed by atoms with Crippen LogP contribution in [0.3, 0.4) is 0 Å². The fraction of sp³-hybridized carbons (Fsp3) is 0.464. The predicted octanol–water partition coefficient (Wildman–Crippen LogP) is 8.33. The molecule has 6 nitrogen and oxygen atoms in total. The van der Waals surface area contributed by atoms with Crippen molar-refractivity contribution >= 4 is 72.6 Å². The van der Waals surface area contributed by atoms with Crippen LogP contribution in [0.2, 0.25) is 10.0 Å². The number of carbonyl (C=O) groups is 3. The Balaban J connectivity index is 2.12. The van der Waals surface area contributed by atoms with Crippen molar-refractivity contribution in [3.63, 3.8) is 0 Å². The van der Waals surface area contributed by atoms with Crippen molar-refractivity contribution < 1.29 is 28.6 Å². The monoisotopic (exact) mass is 692 g/mol. The maximum Gasteiger partial charge on any atom is 0.312 e. The number of carbonyl (C=O) groups excluding carboxylic acids is 3. The van der Waals surface area contributed by atoms with Crippen LogP contribution in [0.1, 0.15) is 59.8 Å². The summed E-state index contributed by atoms with van der Waals surface area (Å²) in [5.41, 5.74) is -1.03. The molecule has 0 saturated carbocycles. The second-order valence-corrected chi connectivity index (χ2v) is 13.0. The SMILES string of the molecule is CCOC(=O)C(CC)(CCC(=O)C(C)(Br)Oc1ccc(Cl)cc1)CCC(=O)C(C)(Br)Oc1ccc(Cl)cc1. The molecule has 0 aliphatic rings. The normalized spacial score (nSPS) is 15.9. The van der Waals surface area contributed by atoms with Crippen LogP contribution in [-0.4, -0.2) is 33.2 Å². The Bertz CT molecular complexity index is 1030. The van der Waals surface area contributed by atoms with E-state index in [0.29, 0.717) is 28.0 Å². The van der Waals surface area contributed by atoms with Crippen molar-refractivity contribution in [1.82, 2.24) is 0 Å². The van der Waals surface area contributed by atoms with E-state index in [1.54, 1.807) is 69.3 Å². The molecule has 0 aromatic heterocycles. The van der Waals surface area contributed by atoms with Crippen LogP contribution in [0.4, 0.5) is 0 Å². The minimum Gasteiger partial charge on any atom is -0.469 e. The zero-order chi connectivity index (χ0) is 28.6. The van der Waals surface area contributed by atoms with Crippen LogP contribution < -0.4 is 9.47 Å². The number of halogens is 4. The summed E-state index contributed by atoms with van der Waals surface area (Å²) in [7, 11) is 0. The average molecular weight is 695 g/mol. The van der Waals surface area contributed by atoms with Crippen molar-refractivity contribution in [1.29, 1.82) is 0 Å². The molecular weight excluding hydrogens is 663 g/mol. The summed E-state index contributed by atoms with van der Waals surface area (Å²) in [6.07, 6.45) is 0.833. The first-order valence-electron chi connectivity index (χ1n) is 12.3. The van der Waals surface area contributed by atoms with Crippen molar-refractivity contribution in [2.75, 3.05) is 6.61 Å². The van der Waals surface area contributed by atoms with E-state index in [4.69, 9.17) is 37.4 Å². The highest BCUT2D eigenvalue weighted by molar-refractivity contribution is 9.10. The number of hydrogen-bond acceptors (Lipinski definition) is 6. The fourth-order valence-electron chi connectivity index (χ4n) is 3.83. The molecular formula is C28H32Br2Cl2O6. The summed E-state index contributed by atoms with van der Waals surface area (Å²) in [4.78, 5) is 39.4. The van der Waals surface area contributed by atoms with Gasteiger partial charge in [0, 0.05) is 22.9 Å². The Hall–Kier alpha value is -1.61. The average Bonchev–Trinajstić information content (AvgIpc) is 2.86. The molecule has 0 radical (unpaired) electrons. The van der Waals surface area contributed by atoms with Crippen LogP contribution in [-0.2, 0) is 19.1 Å². The number of benzene rings is 2. The lowest BCUT2D eigenvalue weighted by atomic mass is 9.75. The number of Topliss-reactive ketones (excluding diaryl/α,β-unsaturated/α-hetero) is 2. The molecule has 0 heterocycles. The molecule has 0 aliphatic heterocycles.